The van der Waals surface area contributed by atoms with Crippen molar-refractivity contribution >= 4 is 5.69 Å². The first-order chi connectivity index (χ1) is 9.42. The summed E-state index contributed by atoms with van der Waals surface area (Å²) < 4.78 is 32.8. The van der Waals surface area contributed by atoms with E-state index in [2.05, 4.69) is 0 Å². The predicted molar refractivity (Wildman–Crippen MR) is 71.5 cm³/mol. The van der Waals surface area contributed by atoms with Gasteiger partial charge in [0.2, 0.25) is 0 Å². The number of aryl methyl sites for hydroxylation is 2. The summed E-state index contributed by atoms with van der Waals surface area (Å²) >= 11 is 0. The maximum atomic E-state index is 13.8. The minimum Gasteiger partial charge on any atom is -0.451 e. The van der Waals surface area contributed by atoms with E-state index < -0.39 is 17.4 Å². The van der Waals surface area contributed by atoms with Crippen LogP contribution in [0.25, 0.3) is 0 Å². The summed E-state index contributed by atoms with van der Waals surface area (Å²) in [5, 5.41) is 8.64. The van der Waals surface area contributed by atoms with E-state index in [0.717, 1.165) is 17.7 Å². The maximum absolute atomic E-state index is 13.8. The quantitative estimate of drug-likeness (QED) is 0.847. The first-order valence-corrected chi connectivity index (χ1v) is 5.86. The number of halogens is 2. The zero-order valence-electron chi connectivity index (χ0n) is 11.0. The largest absolute Gasteiger partial charge is 0.451 e. The lowest BCUT2D eigenvalue weighted by Crippen LogP contribution is -1.98. The van der Waals surface area contributed by atoms with Crippen LogP contribution >= 0.6 is 0 Å². The van der Waals surface area contributed by atoms with Gasteiger partial charge < -0.3 is 10.5 Å². The third-order valence-electron chi connectivity index (χ3n) is 2.90. The molecule has 0 radical (unpaired) electrons. The van der Waals surface area contributed by atoms with E-state index in [1.165, 1.54) is 0 Å². The van der Waals surface area contributed by atoms with Crippen LogP contribution in [0, 0.1) is 36.8 Å². The average molecular weight is 274 g/mol. The topological polar surface area (TPSA) is 59.0 Å². The van der Waals surface area contributed by atoms with Crippen molar-refractivity contribution in [3.8, 4) is 17.6 Å². The Labute approximate surface area is 115 Å². The van der Waals surface area contributed by atoms with Crippen molar-refractivity contribution in [2.75, 3.05) is 5.73 Å². The average Bonchev–Trinajstić information content (AvgIpc) is 2.39. The summed E-state index contributed by atoms with van der Waals surface area (Å²) in [6, 6.07) is 6.82. The van der Waals surface area contributed by atoms with Gasteiger partial charge in [0, 0.05) is 5.69 Å². The zero-order valence-corrected chi connectivity index (χ0v) is 11.0. The van der Waals surface area contributed by atoms with E-state index in [-0.39, 0.29) is 5.56 Å². The van der Waals surface area contributed by atoms with Gasteiger partial charge in [0.25, 0.3) is 0 Å². The second-order valence-corrected chi connectivity index (χ2v) is 4.46. The summed E-state index contributed by atoms with van der Waals surface area (Å²) in [6.45, 7) is 3.50. The number of hydrogen-bond acceptors (Lipinski definition) is 3. The van der Waals surface area contributed by atoms with Gasteiger partial charge in [-0.1, -0.05) is 0 Å². The normalized spacial score (nSPS) is 10.2. The second kappa shape index (κ2) is 5.17. The Kier molecular flexibility index (Phi) is 3.57. The third kappa shape index (κ3) is 2.54. The minimum absolute atomic E-state index is 0.0995. The van der Waals surface area contributed by atoms with Crippen molar-refractivity contribution in [1.29, 1.82) is 5.26 Å². The molecule has 0 unspecified atom stereocenters. The molecule has 0 saturated carbocycles. The molecule has 0 aliphatic heterocycles. The Morgan fingerprint density at radius 1 is 1.05 bits per heavy atom. The van der Waals surface area contributed by atoms with Crippen LogP contribution in [-0.4, -0.2) is 0 Å². The number of nitriles is 1. The van der Waals surface area contributed by atoms with Crippen LogP contribution in [0.15, 0.2) is 24.3 Å². The fourth-order valence-electron chi connectivity index (χ4n) is 1.75. The van der Waals surface area contributed by atoms with E-state index in [0.29, 0.717) is 17.0 Å². The SMILES string of the molecule is Cc1cc(Oc2c(F)cc(C#N)cc2F)c(C)cc1N. The molecule has 0 fully saturated rings. The molecule has 0 aliphatic rings. The van der Waals surface area contributed by atoms with Gasteiger partial charge in [0.05, 0.1) is 11.6 Å². The molecule has 2 rings (SSSR count). The summed E-state index contributed by atoms with van der Waals surface area (Å²) in [6.07, 6.45) is 0. The van der Waals surface area contributed by atoms with Gasteiger partial charge in [-0.25, -0.2) is 8.78 Å². The molecule has 2 aromatic rings. The van der Waals surface area contributed by atoms with E-state index in [9.17, 15) is 8.78 Å². The molecule has 0 saturated heterocycles. The molecule has 2 N–H and O–H groups in total. The molecule has 0 aromatic heterocycles. The lowest BCUT2D eigenvalue weighted by atomic mass is 10.1. The molecule has 0 atom stereocenters. The molecule has 0 amide bonds. The zero-order chi connectivity index (χ0) is 14.9. The summed E-state index contributed by atoms with van der Waals surface area (Å²) in [5.41, 5.74) is 7.63. The van der Waals surface area contributed by atoms with Gasteiger partial charge in [-0.05, 0) is 49.2 Å². The van der Waals surface area contributed by atoms with Crippen molar-refractivity contribution in [2.24, 2.45) is 0 Å². The van der Waals surface area contributed by atoms with Crippen molar-refractivity contribution in [3.63, 3.8) is 0 Å². The molecular formula is C15H12F2N2O. The Morgan fingerprint density at radius 3 is 2.20 bits per heavy atom. The van der Waals surface area contributed by atoms with Gasteiger partial charge in [-0.3, -0.25) is 0 Å². The molecule has 0 bridgehead atoms. The lowest BCUT2D eigenvalue weighted by molar-refractivity contribution is 0.405. The van der Waals surface area contributed by atoms with Gasteiger partial charge in [-0.2, -0.15) is 5.26 Å². The fourth-order valence-corrected chi connectivity index (χ4v) is 1.75. The number of nitrogens with zero attached hydrogens (tertiary/aromatic N) is 1. The number of ether oxygens (including phenoxy) is 1. The first kappa shape index (κ1) is 13.8. The molecule has 0 heterocycles. The van der Waals surface area contributed by atoms with Crippen LogP contribution < -0.4 is 10.5 Å². The van der Waals surface area contributed by atoms with Gasteiger partial charge in [0.15, 0.2) is 17.4 Å². The molecule has 0 spiro atoms. The Bertz CT molecular complexity index is 698. The number of hydrogen-bond donors (Lipinski definition) is 1. The standard InChI is InChI=1S/C15H12F2N2O/c1-8-4-14(9(2)3-13(8)19)20-15-11(16)5-10(7-18)6-12(15)17/h3-6H,19H2,1-2H3. The smallest absolute Gasteiger partial charge is 0.198 e. The van der Waals surface area contributed by atoms with E-state index in [1.54, 1.807) is 32.0 Å². The number of nitrogen functional groups attached to an aromatic ring is 1. The Balaban J connectivity index is 2.46. The molecule has 5 heteroatoms. The number of anilines is 1. The molecule has 3 nitrogen and oxygen atoms in total. The number of nitrogens with two attached hydrogens (primary N) is 1. The molecular weight excluding hydrogens is 262 g/mol. The minimum atomic E-state index is -0.921. The van der Waals surface area contributed by atoms with Gasteiger partial charge in [0.1, 0.15) is 5.75 Å². The van der Waals surface area contributed by atoms with Crippen LogP contribution in [0.2, 0.25) is 0 Å². The lowest BCUT2D eigenvalue weighted by Gasteiger charge is -2.12. The van der Waals surface area contributed by atoms with Gasteiger partial charge >= 0.3 is 0 Å². The maximum Gasteiger partial charge on any atom is 0.198 e. The van der Waals surface area contributed by atoms with E-state index in [1.807, 2.05) is 0 Å². The highest BCUT2D eigenvalue weighted by Crippen LogP contribution is 2.32. The highest BCUT2D eigenvalue weighted by Gasteiger charge is 2.15. The Hall–Kier alpha value is -2.61. The van der Waals surface area contributed by atoms with E-state index >= 15 is 0 Å². The summed E-state index contributed by atoms with van der Waals surface area (Å²) in [7, 11) is 0. The number of rotatable bonds is 2. The van der Waals surface area contributed by atoms with Crippen molar-refractivity contribution < 1.29 is 13.5 Å². The number of benzene rings is 2. The predicted octanol–water partition coefficient (Wildman–Crippen LogP) is 3.83. The van der Waals surface area contributed by atoms with E-state index in [4.69, 9.17) is 15.7 Å². The molecule has 0 aliphatic carbocycles. The summed E-state index contributed by atoms with van der Waals surface area (Å²) in [5.74, 6) is -2.05. The third-order valence-corrected chi connectivity index (χ3v) is 2.90. The monoisotopic (exact) mass is 274 g/mol. The van der Waals surface area contributed by atoms with Crippen LogP contribution in [0.5, 0.6) is 11.5 Å². The molecule has 102 valence electrons. The van der Waals surface area contributed by atoms with Crippen LogP contribution in [-0.2, 0) is 0 Å². The highest BCUT2D eigenvalue weighted by molar-refractivity contribution is 5.54. The molecule has 2 aromatic carbocycles. The van der Waals surface area contributed by atoms with Crippen molar-refractivity contribution in [2.45, 2.75) is 13.8 Å². The second-order valence-electron chi connectivity index (χ2n) is 4.46. The van der Waals surface area contributed by atoms with Crippen LogP contribution in [0.1, 0.15) is 16.7 Å². The summed E-state index contributed by atoms with van der Waals surface area (Å²) in [4.78, 5) is 0. The fraction of sp³-hybridized carbons (Fsp3) is 0.133. The van der Waals surface area contributed by atoms with Crippen molar-refractivity contribution in [1.82, 2.24) is 0 Å². The van der Waals surface area contributed by atoms with Gasteiger partial charge in [-0.15, -0.1) is 0 Å². The first-order valence-electron chi connectivity index (χ1n) is 5.86. The highest BCUT2D eigenvalue weighted by atomic mass is 19.1. The molecule has 20 heavy (non-hydrogen) atoms. The van der Waals surface area contributed by atoms with Crippen LogP contribution in [0.4, 0.5) is 14.5 Å². The van der Waals surface area contributed by atoms with Crippen molar-refractivity contribution in [3.05, 3.63) is 52.6 Å². The van der Waals surface area contributed by atoms with Crippen LogP contribution in [0.3, 0.4) is 0 Å². The Morgan fingerprint density at radius 2 is 1.65 bits per heavy atom.